The highest BCUT2D eigenvalue weighted by Crippen LogP contribution is 2.39. The van der Waals surface area contributed by atoms with E-state index >= 15 is 0 Å². The van der Waals surface area contributed by atoms with Gasteiger partial charge in [0, 0.05) is 30.8 Å². The quantitative estimate of drug-likeness (QED) is 0.758. The Morgan fingerprint density at radius 1 is 1.10 bits per heavy atom. The molecule has 3 rings (SSSR count). The maximum absolute atomic E-state index is 13.9. The van der Waals surface area contributed by atoms with Crippen molar-refractivity contribution >= 4 is 17.3 Å². The van der Waals surface area contributed by atoms with E-state index in [9.17, 15) is 9.18 Å². The van der Waals surface area contributed by atoms with E-state index in [1.165, 1.54) is 6.07 Å². The maximum atomic E-state index is 13.9. The Kier molecular flexibility index (Phi) is 6.93. The predicted octanol–water partition coefficient (Wildman–Crippen LogP) is 4.02. The van der Waals surface area contributed by atoms with Gasteiger partial charge in [-0.1, -0.05) is 6.07 Å². The van der Waals surface area contributed by atoms with Crippen molar-refractivity contribution < 1.29 is 23.4 Å². The fraction of sp³-hybridized carbons (Fsp3) is 0.409. The molecule has 156 valence electrons. The molecule has 1 amide bonds. The van der Waals surface area contributed by atoms with Crippen LogP contribution in [0.1, 0.15) is 29.8 Å². The fourth-order valence-corrected chi connectivity index (χ4v) is 3.17. The van der Waals surface area contributed by atoms with Crippen LogP contribution in [0, 0.1) is 12.7 Å². The Labute approximate surface area is 170 Å². The number of ether oxygens (including phenoxy) is 3. The lowest BCUT2D eigenvalue weighted by molar-refractivity contribution is 0.102. The molecule has 0 spiro atoms. The molecule has 1 aliphatic heterocycles. The van der Waals surface area contributed by atoms with Gasteiger partial charge in [-0.05, 0) is 38.5 Å². The van der Waals surface area contributed by atoms with E-state index in [0.717, 1.165) is 18.8 Å². The lowest BCUT2D eigenvalue weighted by atomic mass is 10.1. The first kappa shape index (κ1) is 20.9. The lowest BCUT2D eigenvalue weighted by Gasteiger charge is -2.31. The Morgan fingerprint density at radius 2 is 1.79 bits per heavy atom. The Bertz CT molecular complexity index is 866. The summed E-state index contributed by atoms with van der Waals surface area (Å²) in [5.41, 5.74) is 2.12. The maximum Gasteiger partial charge on any atom is 0.255 e. The van der Waals surface area contributed by atoms with E-state index in [4.69, 9.17) is 14.2 Å². The van der Waals surface area contributed by atoms with Crippen LogP contribution in [0.15, 0.2) is 30.3 Å². The molecule has 2 aromatic rings. The molecule has 0 aliphatic carbocycles. The van der Waals surface area contributed by atoms with Gasteiger partial charge < -0.3 is 24.4 Å². The van der Waals surface area contributed by atoms with Crippen LogP contribution in [-0.2, 0) is 4.74 Å². The number of aryl methyl sites for hydroxylation is 1. The standard InChI is InChI=1S/C22H27FN2O4/c1-4-28-20-14-19(25-8-10-27-11-9-25)21(29-5-2)13-18(20)24-22(26)16-7-6-15(3)17(23)12-16/h6-7,12-14H,4-5,8-11H2,1-3H3,(H,24,26). The van der Waals surface area contributed by atoms with Gasteiger partial charge in [-0.3, -0.25) is 4.79 Å². The van der Waals surface area contributed by atoms with E-state index in [1.807, 2.05) is 19.9 Å². The van der Waals surface area contributed by atoms with E-state index < -0.39 is 11.7 Å². The molecule has 0 aromatic heterocycles. The first-order valence-corrected chi connectivity index (χ1v) is 9.87. The minimum atomic E-state index is -0.416. The van der Waals surface area contributed by atoms with E-state index in [0.29, 0.717) is 49.2 Å². The number of carbonyl (C=O) groups is 1. The van der Waals surface area contributed by atoms with Gasteiger partial charge in [-0.2, -0.15) is 0 Å². The number of anilines is 2. The number of halogens is 1. The molecule has 1 aliphatic rings. The summed E-state index contributed by atoms with van der Waals surface area (Å²) in [6.45, 7) is 9.17. The second-order valence-corrected chi connectivity index (χ2v) is 6.70. The highest BCUT2D eigenvalue weighted by atomic mass is 19.1. The number of benzene rings is 2. The smallest absolute Gasteiger partial charge is 0.255 e. The minimum absolute atomic E-state index is 0.241. The molecule has 0 bridgehead atoms. The minimum Gasteiger partial charge on any atom is -0.492 e. The average molecular weight is 402 g/mol. The van der Waals surface area contributed by atoms with Gasteiger partial charge in [-0.15, -0.1) is 0 Å². The molecule has 0 saturated carbocycles. The number of hydrogen-bond donors (Lipinski definition) is 1. The van der Waals surface area contributed by atoms with Crippen LogP contribution in [0.5, 0.6) is 11.5 Å². The Balaban J connectivity index is 1.94. The molecule has 1 saturated heterocycles. The summed E-state index contributed by atoms with van der Waals surface area (Å²) in [5, 5.41) is 2.83. The summed E-state index contributed by atoms with van der Waals surface area (Å²) in [6, 6.07) is 8.06. The van der Waals surface area contributed by atoms with Gasteiger partial charge in [-0.25, -0.2) is 4.39 Å². The molecule has 1 N–H and O–H groups in total. The van der Waals surface area contributed by atoms with Crippen LogP contribution in [0.4, 0.5) is 15.8 Å². The fourth-order valence-electron chi connectivity index (χ4n) is 3.17. The van der Waals surface area contributed by atoms with Crippen molar-refractivity contribution in [1.29, 1.82) is 0 Å². The average Bonchev–Trinajstić information content (AvgIpc) is 2.72. The van der Waals surface area contributed by atoms with Crippen LogP contribution in [0.2, 0.25) is 0 Å². The summed E-state index contributed by atoms with van der Waals surface area (Å²) in [7, 11) is 0. The highest BCUT2D eigenvalue weighted by Gasteiger charge is 2.21. The van der Waals surface area contributed by atoms with Crippen LogP contribution in [-0.4, -0.2) is 45.4 Å². The summed E-state index contributed by atoms with van der Waals surface area (Å²) < 4.78 is 30.9. The second-order valence-electron chi connectivity index (χ2n) is 6.70. The zero-order chi connectivity index (χ0) is 20.8. The Morgan fingerprint density at radius 3 is 2.45 bits per heavy atom. The molecule has 6 nitrogen and oxygen atoms in total. The van der Waals surface area contributed by atoms with Crippen LogP contribution >= 0.6 is 0 Å². The lowest BCUT2D eigenvalue weighted by Crippen LogP contribution is -2.36. The van der Waals surface area contributed by atoms with Gasteiger partial charge in [0.2, 0.25) is 0 Å². The van der Waals surface area contributed by atoms with Crippen molar-refractivity contribution in [1.82, 2.24) is 0 Å². The number of hydrogen-bond acceptors (Lipinski definition) is 5. The number of nitrogens with zero attached hydrogens (tertiary/aromatic N) is 1. The summed E-state index contributed by atoms with van der Waals surface area (Å²) in [6.07, 6.45) is 0. The molecule has 0 radical (unpaired) electrons. The van der Waals surface area contributed by atoms with Gasteiger partial charge in [0.05, 0.1) is 37.8 Å². The third-order valence-corrected chi connectivity index (χ3v) is 4.69. The van der Waals surface area contributed by atoms with Gasteiger partial charge in [0.1, 0.15) is 17.3 Å². The van der Waals surface area contributed by atoms with Crippen molar-refractivity contribution in [3.8, 4) is 11.5 Å². The first-order valence-electron chi connectivity index (χ1n) is 9.87. The first-order chi connectivity index (χ1) is 14.0. The monoisotopic (exact) mass is 402 g/mol. The number of amides is 1. The molecular formula is C22H27FN2O4. The van der Waals surface area contributed by atoms with Crippen molar-refractivity contribution in [2.75, 3.05) is 49.7 Å². The zero-order valence-corrected chi connectivity index (χ0v) is 17.1. The summed E-state index contributed by atoms with van der Waals surface area (Å²) in [4.78, 5) is 14.9. The third-order valence-electron chi connectivity index (χ3n) is 4.69. The molecular weight excluding hydrogens is 375 g/mol. The number of carbonyl (C=O) groups excluding carboxylic acids is 1. The normalized spacial score (nSPS) is 13.9. The SMILES string of the molecule is CCOc1cc(N2CCOCC2)c(OCC)cc1NC(=O)c1ccc(C)c(F)c1. The van der Waals surface area contributed by atoms with Gasteiger partial charge >= 0.3 is 0 Å². The molecule has 29 heavy (non-hydrogen) atoms. The number of rotatable bonds is 7. The number of morpholine rings is 1. The predicted molar refractivity (Wildman–Crippen MR) is 111 cm³/mol. The molecule has 0 atom stereocenters. The largest absolute Gasteiger partial charge is 0.492 e. The van der Waals surface area contributed by atoms with Crippen LogP contribution in [0.25, 0.3) is 0 Å². The summed E-state index contributed by atoms with van der Waals surface area (Å²) >= 11 is 0. The zero-order valence-electron chi connectivity index (χ0n) is 17.1. The summed E-state index contributed by atoms with van der Waals surface area (Å²) in [5.74, 6) is 0.369. The van der Waals surface area contributed by atoms with E-state index in [1.54, 1.807) is 25.1 Å². The molecule has 1 heterocycles. The van der Waals surface area contributed by atoms with E-state index in [2.05, 4.69) is 10.2 Å². The van der Waals surface area contributed by atoms with Crippen molar-refractivity contribution in [3.05, 3.63) is 47.3 Å². The second kappa shape index (κ2) is 9.60. The van der Waals surface area contributed by atoms with Gasteiger partial charge in [0.25, 0.3) is 5.91 Å². The van der Waals surface area contributed by atoms with Crippen LogP contribution in [0.3, 0.4) is 0 Å². The molecule has 1 fully saturated rings. The van der Waals surface area contributed by atoms with Crippen molar-refractivity contribution in [2.45, 2.75) is 20.8 Å². The molecule has 7 heteroatoms. The number of nitrogens with one attached hydrogen (secondary N) is 1. The van der Waals surface area contributed by atoms with Crippen LogP contribution < -0.4 is 19.7 Å². The molecule has 2 aromatic carbocycles. The molecule has 0 unspecified atom stereocenters. The highest BCUT2D eigenvalue weighted by molar-refractivity contribution is 6.05. The third kappa shape index (κ3) is 4.98. The Hall–Kier alpha value is -2.80. The van der Waals surface area contributed by atoms with E-state index in [-0.39, 0.29) is 5.56 Å². The van der Waals surface area contributed by atoms with Crippen molar-refractivity contribution in [2.24, 2.45) is 0 Å². The van der Waals surface area contributed by atoms with Crippen molar-refractivity contribution in [3.63, 3.8) is 0 Å². The van der Waals surface area contributed by atoms with Gasteiger partial charge in [0.15, 0.2) is 0 Å². The topological polar surface area (TPSA) is 60.0 Å².